The number of hydrogen-bond donors (Lipinski definition) is 1. The second-order valence-corrected chi connectivity index (χ2v) is 3.86. The first-order valence-electron chi connectivity index (χ1n) is 3.62. The zero-order valence-electron chi connectivity index (χ0n) is 7.02. The lowest BCUT2D eigenvalue weighted by atomic mass is 10.1. The normalized spacial score (nSPS) is 9.58. The van der Waals surface area contributed by atoms with E-state index in [9.17, 15) is 4.79 Å². The van der Waals surface area contributed by atoms with Crippen LogP contribution in [0.5, 0.6) is 0 Å². The van der Waals surface area contributed by atoms with Crippen molar-refractivity contribution >= 4 is 34.7 Å². The van der Waals surface area contributed by atoms with E-state index in [0.29, 0.717) is 6.41 Å². The van der Waals surface area contributed by atoms with Gasteiger partial charge in [0.15, 0.2) is 0 Å². The number of aryl methyl sites for hydroxylation is 2. The molecule has 0 radical (unpaired) electrons. The standard InChI is InChI=1S/C9H10INO/c1-6-3-7(2)9(11-5-12)8(10)4-6/h3-5H,1-2H3,(H,11,12). The fourth-order valence-electron chi connectivity index (χ4n) is 1.16. The van der Waals surface area contributed by atoms with Gasteiger partial charge >= 0.3 is 0 Å². The molecule has 2 nitrogen and oxygen atoms in total. The van der Waals surface area contributed by atoms with Crippen LogP contribution in [0.2, 0.25) is 0 Å². The number of halogens is 1. The van der Waals surface area contributed by atoms with E-state index in [1.165, 1.54) is 5.56 Å². The summed E-state index contributed by atoms with van der Waals surface area (Å²) in [5.41, 5.74) is 3.23. The van der Waals surface area contributed by atoms with E-state index >= 15 is 0 Å². The van der Waals surface area contributed by atoms with Crippen molar-refractivity contribution in [2.75, 3.05) is 5.32 Å². The number of benzene rings is 1. The number of hydrogen-bond acceptors (Lipinski definition) is 1. The number of carbonyl (C=O) groups is 1. The molecule has 0 aliphatic rings. The van der Waals surface area contributed by atoms with E-state index < -0.39 is 0 Å². The highest BCUT2D eigenvalue weighted by Gasteiger charge is 2.02. The summed E-state index contributed by atoms with van der Waals surface area (Å²) in [4.78, 5) is 10.2. The minimum absolute atomic E-state index is 0.708. The van der Waals surface area contributed by atoms with Crippen LogP contribution in [0.4, 0.5) is 5.69 Å². The summed E-state index contributed by atoms with van der Waals surface area (Å²) in [6.45, 7) is 4.03. The van der Waals surface area contributed by atoms with E-state index in [1.54, 1.807) is 0 Å². The Morgan fingerprint density at radius 3 is 2.58 bits per heavy atom. The second kappa shape index (κ2) is 3.89. The van der Waals surface area contributed by atoms with Gasteiger partial charge in [-0.15, -0.1) is 0 Å². The number of rotatable bonds is 2. The molecule has 0 fully saturated rings. The van der Waals surface area contributed by atoms with E-state index in [-0.39, 0.29) is 0 Å². The molecule has 0 aliphatic carbocycles. The molecule has 0 saturated carbocycles. The SMILES string of the molecule is Cc1cc(C)c(NC=O)c(I)c1. The average molecular weight is 275 g/mol. The van der Waals surface area contributed by atoms with Crippen molar-refractivity contribution in [1.29, 1.82) is 0 Å². The summed E-state index contributed by atoms with van der Waals surface area (Å²) < 4.78 is 1.08. The lowest BCUT2D eigenvalue weighted by molar-refractivity contribution is -0.105. The van der Waals surface area contributed by atoms with Crippen molar-refractivity contribution < 1.29 is 4.79 Å². The van der Waals surface area contributed by atoms with Gasteiger partial charge in [0.25, 0.3) is 0 Å². The molecule has 0 aliphatic heterocycles. The molecule has 1 aromatic rings. The van der Waals surface area contributed by atoms with Gasteiger partial charge < -0.3 is 5.32 Å². The maximum Gasteiger partial charge on any atom is 0.211 e. The van der Waals surface area contributed by atoms with Crippen molar-refractivity contribution in [2.45, 2.75) is 13.8 Å². The molecular formula is C9H10INO. The first-order valence-corrected chi connectivity index (χ1v) is 4.70. The largest absolute Gasteiger partial charge is 0.328 e. The Bertz CT molecular complexity index is 286. The van der Waals surface area contributed by atoms with Crippen LogP contribution in [0.25, 0.3) is 0 Å². The molecule has 0 unspecified atom stereocenters. The van der Waals surface area contributed by atoms with E-state index in [1.807, 2.05) is 26.0 Å². The minimum Gasteiger partial charge on any atom is -0.328 e. The molecular weight excluding hydrogens is 265 g/mol. The van der Waals surface area contributed by atoms with Crippen molar-refractivity contribution in [3.8, 4) is 0 Å². The third-order valence-corrected chi connectivity index (χ3v) is 2.49. The summed E-state index contributed by atoms with van der Waals surface area (Å²) in [6.07, 6.45) is 0.708. The Morgan fingerprint density at radius 1 is 1.42 bits per heavy atom. The lowest BCUT2D eigenvalue weighted by Crippen LogP contribution is -1.99. The lowest BCUT2D eigenvalue weighted by Gasteiger charge is -2.07. The van der Waals surface area contributed by atoms with E-state index in [2.05, 4.69) is 27.9 Å². The van der Waals surface area contributed by atoms with Crippen molar-refractivity contribution in [1.82, 2.24) is 0 Å². The highest BCUT2D eigenvalue weighted by Crippen LogP contribution is 2.23. The number of nitrogens with one attached hydrogen (secondary N) is 1. The van der Waals surface area contributed by atoms with Crippen molar-refractivity contribution in [3.05, 3.63) is 26.8 Å². The number of anilines is 1. The van der Waals surface area contributed by atoms with E-state index in [0.717, 1.165) is 14.8 Å². The second-order valence-electron chi connectivity index (χ2n) is 2.70. The van der Waals surface area contributed by atoms with Crippen LogP contribution in [0.1, 0.15) is 11.1 Å². The van der Waals surface area contributed by atoms with Gasteiger partial charge in [-0.2, -0.15) is 0 Å². The van der Waals surface area contributed by atoms with E-state index in [4.69, 9.17) is 0 Å². The summed E-state index contributed by atoms with van der Waals surface area (Å²) in [5.74, 6) is 0. The van der Waals surface area contributed by atoms with Gasteiger partial charge in [0.1, 0.15) is 0 Å². The topological polar surface area (TPSA) is 29.1 Å². The fourth-order valence-corrected chi connectivity index (χ4v) is 2.23. The van der Waals surface area contributed by atoms with Crippen LogP contribution in [-0.4, -0.2) is 6.41 Å². The molecule has 1 N–H and O–H groups in total. The van der Waals surface area contributed by atoms with Crippen molar-refractivity contribution in [2.24, 2.45) is 0 Å². The maximum atomic E-state index is 10.2. The summed E-state index contributed by atoms with van der Waals surface area (Å²) in [5, 5.41) is 2.68. The zero-order valence-corrected chi connectivity index (χ0v) is 9.18. The molecule has 12 heavy (non-hydrogen) atoms. The number of amides is 1. The third-order valence-electron chi connectivity index (χ3n) is 1.64. The smallest absolute Gasteiger partial charge is 0.211 e. The van der Waals surface area contributed by atoms with Gasteiger partial charge in [0, 0.05) is 3.57 Å². The Labute approximate surface area is 85.5 Å². The molecule has 1 amide bonds. The maximum absolute atomic E-state index is 10.2. The molecule has 0 bridgehead atoms. The van der Waals surface area contributed by atoms with Crippen LogP contribution in [-0.2, 0) is 4.79 Å². The quantitative estimate of drug-likeness (QED) is 0.652. The first-order chi connectivity index (χ1) is 5.65. The first kappa shape index (κ1) is 9.51. The van der Waals surface area contributed by atoms with Crippen LogP contribution in [0, 0.1) is 17.4 Å². The molecule has 1 rings (SSSR count). The molecule has 0 aromatic heterocycles. The monoisotopic (exact) mass is 275 g/mol. The highest BCUT2D eigenvalue weighted by molar-refractivity contribution is 14.1. The number of carbonyl (C=O) groups excluding carboxylic acids is 1. The molecule has 1 aromatic carbocycles. The fraction of sp³-hybridized carbons (Fsp3) is 0.222. The van der Waals surface area contributed by atoms with Gasteiger partial charge in [-0.25, -0.2) is 0 Å². The van der Waals surface area contributed by atoms with Crippen molar-refractivity contribution in [3.63, 3.8) is 0 Å². The molecule has 3 heteroatoms. The Kier molecular flexibility index (Phi) is 3.08. The van der Waals surface area contributed by atoms with Crippen LogP contribution >= 0.6 is 22.6 Å². The zero-order chi connectivity index (χ0) is 9.14. The Balaban J connectivity index is 3.18. The Morgan fingerprint density at radius 2 is 2.08 bits per heavy atom. The molecule has 0 saturated heterocycles. The van der Waals surface area contributed by atoms with Gasteiger partial charge in [0.05, 0.1) is 5.69 Å². The molecule has 0 heterocycles. The predicted octanol–water partition coefficient (Wildman–Crippen LogP) is 2.48. The Hall–Kier alpha value is -0.580. The summed E-state index contributed by atoms with van der Waals surface area (Å²) in [7, 11) is 0. The molecule has 64 valence electrons. The van der Waals surface area contributed by atoms with Crippen LogP contribution in [0.15, 0.2) is 12.1 Å². The molecule has 0 atom stereocenters. The van der Waals surface area contributed by atoms with Crippen LogP contribution < -0.4 is 5.32 Å². The molecule has 0 spiro atoms. The van der Waals surface area contributed by atoms with Gasteiger partial charge in [0.2, 0.25) is 6.41 Å². The van der Waals surface area contributed by atoms with Gasteiger partial charge in [-0.05, 0) is 53.6 Å². The highest BCUT2D eigenvalue weighted by atomic mass is 127. The third kappa shape index (κ3) is 1.97. The predicted molar refractivity (Wildman–Crippen MR) is 58.3 cm³/mol. The van der Waals surface area contributed by atoms with Crippen LogP contribution in [0.3, 0.4) is 0 Å². The summed E-state index contributed by atoms with van der Waals surface area (Å²) >= 11 is 2.21. The minimum atomic E-state index is 0.708. The van der Waals surface area contributed by atoms with Gasteiger partial charge in [-0.3, -0.25) is 4.79 Å². The average Bonchev–Trinajstić information content (AvgIpc) is 1.96. The van der Waals surface area contributed by atoms with Gasteiger partial charge in [-0.1, -0.05) is 6.07 Å². The summed E-state index contributed by atoms with van der Waals surface area (Å²) in [6, 6.07) is 4.09.